The highest BCUT2D eigenvalue weighted by Gasteiger charge is 2.08. The van der Waals surface area contributed by atoms with Crippen LogP contribution >= 0.6 is 11.6 Å². The third kappa shape index (κ3) is 5.93. The fourth-order valence-electron chi connectivity index (χ4n) is 2.21. The first-order valence-electron chi connectivity index (χ1n) is 7.35. The van der Waals surface area contributed by atoms with Crippen LogP contribution in [0.4, 0.5) is 5.69 Å². The number of aryl methyl sites for hydroxylation is 1. The number of nitrogens with one attached hydrogen (secondary N) is 1. The van der Waals surface area contributed by atoms with Crippen LogP contribution < -0.4 is 5.32 Å². The molecule has 0 aliphatic carbocycles. The fraction of sp³-hybridized carbons (Fsp3) is 0.562. The number of hydrogen-bond donors (Lipinski definition) is 1. The summed E-state index contributed by atoms with van der Waals surface area (Å²) in [4.78, 5) is 14.3. The highest BCUT2D eigenvalue weighted by molar-refractivity contribution is 6.30. The van der Waals surface area contributed by atoms with Crippen molar-refractivity contribution in [2.24, 2.45) is 0 Å². The molecule has 0 aromatic heterocycles. The molecule has 1 aromatic rings. The summed E-state index contributed by atoms with van der Waals surface area (Å²) in [5.41, 5.74) is 1.83. The van der Waals surface area contributed by atoms with Gasteiger partial charge in [-0.1, -0.05) is 25.4 Å². The molecule has 0 atom stereocenters. The Bertz CT molecular complexity index is 428. The molecule has 0 heterocycles. The van der Waals surface area contributed by atoms with E-state index in [1.165, 1.54) is 0 Å². The van der Waals surface area contributed by atoms with Gasteiger partial charge in [0, 0.05) is 23.7 Å². The zero-order valence-electron chi connectivity index (χ0n) is 12.7. The summed E-state index contributed by atoms with van der Waals surface area (Å²) in [6, 6.07) is 5.51. The number of benzene rings is 1. The van der Waals surface area contributed by atoms with Crippen LogP contribution in [0.5, 0.6) is 0 Å². The first-order valence-corrected chi connectivity index (χ1v) is 7.73. The number of carbonyl (C=O) groups is 1. The van der Waals surface area contributed by atoms with E-state index < -0.39 is 0 Å². The Morgan fingerprint density at radius 2 is 1.85 bits per heavy atom. The van der Waals surface area contributed by atoms with Gasteiger partial charge < -0.3 is 10.2 Å². The smallest absolute Gasteiger partial charge is 0.225 e. The minimum absolute atomic E-state index is 0.0626. The van der Waals surface area contributed by atoms with E-state index >= 15 is 0 Å². The van der Waals surface area contributed by atoms with E-state index in [1.54, 1.807) is 6.07 Å². The van der Waals surface area contributed by atoms with Crippen molar-refractivity contribution in [3.8, 4) is 0 Å². The van der Waals surface area contributed by atoms with Gasteiger partial charge in [0.05, 0.1) is 0 Å². The number of hydrogen-bond acceptors (Lipinski definition) is 2. The van der Waals surface area contributed by atoms with Crippen molar-refractivity contribution in [2.45, 2.75) is 40.0 Å². The summed E-state index contributed by atoms with van der Waals surface area (Å²) < 4.78 is 0. The van der Waals surface area contributed by atoms with Crippen LogP contribution in [-0.2, 0) is 4.79 Å². The monoisotopic (exact) mass is 296 g/mol. The van der Waals surface area contributed by atoms with Crippen LogP contribution in [0.25, 0.3) is 0 Å². The second kappa shape index (κ2) is 8.98. The van der Waals surface area contributed by atoms with Gasteiger partial charge in [0.2, 0.25) is 5.91 Å². The molecule has 0 fully saturated rings. The van der Waals surface area contributed by atoms with Crippen molar-refractivity contribution in [1.82, 2.24) is 4.90 Å². The first-order chi connectivity index (χ1) is 9.56. The lowest BCUT2D eigenvalue weighted by atomic mass is 10.2. The van der Waals surface area contributed by atoms with Crippen LogP contribution in [-0.4, -0.2) is 30.4 Å². The standard InChI is InChI=1S/C16H25ClN2O/c1-4-9-19(10-5-2)11-8-16(20)18-15-7-6-14(17)12-13(15)3/h6-7,12H,4-5,8-11H2,1-3H3,(H,18,20). The number of amides is 1. The molecule has 1 N–H and O–H groups in total. The highest BCUT2D eigenvalue weighted by Crippen LogP contribution is 2.19. The van der Waals surface area contributed by atoms with Crippen molar-refractivity contribution in [3.05, 3.63) is 28.8 Å². The van der Waals surface area contributed by atoms with E-state index in [1.807, 2.05) is 19.1 Å². The lowest BCUT2D eigenvalue weighted by Gasteiger charge is -2.20. The van der Waals surface area contributed by atoms with Crippen molar-refractivity contribution in [1.29, 1.82) is 0 Å². The quantitative estimate of drug-likeness (QED) is 0.783. The SMILES string of the molecule is CCCN(CCC)CCC(=O)Nc1ccc(Cl)cc1C. The van der Waals surface area contributed by atoms with E-state index in [2.05, 4.69) is 24.1 Å². The largest absolute Gasteiger partial charge is 0.326 e. The van der Waals surface area contributed by atoms with Crippen molar-refractivity contribution in [3.63, 3.8) is 0 Å². The van der Waals surface area contributed by atoms with Crippen molar-refractivity contribution in [2.75, 3.05) is 25.0 Å². The van der Waals surface area contributed by atoms with Crippen LogP contribution in [0.3, 0.4) is 0 Å². The minimum Gasteiger partial charge on any atom is -0.326 e. The summed E-state index contributed by atoms with van der Waals surface area (Å²) in [7, 11) is 0. The summed E-state index contributed by atoms with van der Waals surface area (Å²) in [6.45, 7) is 9.21. The Balaban J connectivity index is 2.46. The van der Waals surface area contributed by atoms with Gasteiger partial charge >= 0.3 is 0 Å². The van der Waals surface area contributed by atoms with Crippen molar-refractivity contribution < 1.29 is 4.79 Å². The van der Waals surface area contributed by atoms with Gasteiger partial charge in [-0.3, -0.25) is 4.79 Å². The maximum Gasteiger partial charge on any atom is 0.225 e. The molecular formula is C16H25ClN2O. The number of rotatable bonds is 8. The van der Waals surface area contributed by atoms with Gasteiger partial charge in [-0.2, -0.15) is 0 Å². The van der Waals surface area contributed by atoms with Crippen LogP contribution in [0.15, 0.2) is 18.2 Å². The average molecular weight is 297 g/mol. The Morgan fingerprint density at radius 1 is 1.20 bits per heavy atom. The summed E-state index contributed by atoms with van der Waals surface area (Å²) in [5.74, 6) is 0.0626. The second-order valence-electron chi connectivity index (χ2n) is 5.10. The van der Waals surface area contributed by atoms with E-state index in [0.29, 0.717) is 11.4 Å². The molecule has 0 bridgehead atoms. The molecule has 0 unspecified atom stereocenters. The fourth-order valence-corrected chi connectivity index (χ4v) is 2.43. The zero-order valence-corrected chi connectivity index (χ0v) is 13.5. The highest BCUT2D eigenvalue weighted by atomic mass is 35.5. The molecule has 20 heavy (non-hydrogen) atoms. The maximum atomic E-state index is 12.0. The molecule has 1 rings (SSSR count). The number of carbonyl (C=O) groups excluding carboxylic acids is 1. The Labute approximate surface area is 127 Å². The molecule has 0 spiro atoms. The third-order valence-corrected chi connectivity index (χ3v) is 3.43. The lowest BCUT2D eigenvalue weighted by molar-refractivity contribution is -0.116. The minimum atomic E-state index is 0.0626. The van der Waals surface area contributed by atoms with Gasteiger partial charge in [-0.25, -0.2) is 0 Å². The Hall–Kier alpha value is -1.06. The second-order valence-corrected chi connectivity index (χ2v) is 5.54. The molecule has 1 aromatic carbocycles. The van der Waals surface area contributed by atoms with Crippen LogP contribution in [0.2, 0.25) is 5.02 Å². The van der Waals surface area contributed by atoms with Gasteiger partial charge in [-0.15, -0.1) is 0 Å². The molecule has 1 amide bonds. The lowest BCUT2D eigenvalue weighted by Crippen LogP contribution is -2.29. The zero-order chi connectivity index (χ0) is 15.0. The molecule has 0 aliphatic heterocycles. The molecule has 3 nitrogen and oxygen atoms in total. The van der Waals surface area contributed by atoms with E-state index in [4.69, 9.17) is 11.6 Å². The summed E-state index contributed by atoms with van der Waals surface area (Å²) >= 11 is 5.91. The van der Waals surface area contributed by atoms with Crippen LogP contribution in [0.1, 0.15) is 38.7 Å². The molecule has 0 saturated heterocycles. The Kier molecular flexibility index (Phi) is 7.63. The van der Waals surface area contributed by atoms with E-state index in [-0.39, 0.29) is 5.91 Å². The van der Waals surface area contributed by atoms with E-state index in [0.717, 1.165) is 43.7 Å². The normalized spacial score (nSPS) is 10.8. The molecule has 4 heteroatoms. The van der Waals surface area contributed by atoms with Gasteiger partial charge in [-0.05, 0) is 56.6 Å². The van der Waals surface area contributed by atoms with E-state index in [9.17, 15) is 4.79 Å². The predicted octanol–water partition coefficient (Wildman–Crippen LogP) is 4.10. The summed E-state index contributed by atoms with van der Waals surface area (Å²) in [5, 5.41) is 3.64. The van der Waals surface area contributed by atoms with Crippen LogP contribution in [0, 0.1) is 6.92 Å². The summed E-state index contributed by atoms with van der Waals surface area (Å²) in [6.07, 6.45) is 2.78. The maximum absolute atomic E-state index is 12.0. The molecule has 112 valence electrons. The molecule has 0 radical (unpaired) electrons. The number of nitrogens with zero attached hydrogens (tertiary/aromatic N) is 1. The third-order valence-electron chi connectivity index (χ3n) is 3.20. The first kappa shape index (κ1) is 17.0. The van der Waals surface area contributed by atoms with Gasteiger partial charge in [0.25, 0.3) is 0 Å². The average Bonchev–Trinajstić information content (AvgIpc) is 2.40. The Morgan fingerprint density at radius 3 is 2.40 bits per heavy atom. The predicted molar refractivity (Wildman–Crippen MR) is 86.5 cm³/mol. The molecule has 0 saturated carbocycles. The topological polar surface area (TPSA) is 32.3 Å². The number of halogens is 1. The van der Waals surface area contributed by atoms with Gasteiger partial charge in [0.15, 0.2) is 0 Å². The van der Waals surface area contributed by atoms with Gasteiger partial charge in [0.1, 0.15) is 0 Å². The van der Waals surface area contributed by atoms with Crippen molar-refractivity contribution >= 4 is 23.2 Å². The number of anilines is 1. The molecule has 0 aliphatic rings. The molecular weight excluding hydrogens is 272 g/mol.